The molecule has 2 aromatic rings. The maximum absolute atomic E-state index is 11.8. The molecule has 1 N–H and O–H groups in total. The number of rotatable bonds is 7. The van der Waals surface area contributed by atoms with Gasteiger partial charge in [-0.15, -0.1) is 11.3 Å². The van der Waals surface area contributed by atoms with Gasteiger partial charge in [-0.05, 0) is 31.7 Å². The largest absolute Gasteiger partial charge is 0.455 e. The van der Waals surface area contributed by atoms with E-state index in [2.05, 4.69) is 10.3 Å². The summed E-state index contributed by atoms with van der Waals surface area (Å²) in [6.45, 7) is 5.57. The number of amides is 1. The van der Waals surface area contributed by atoms with Gasteiger partial charge in [0.05, 0.1) is 12.1 Å². The molecule has 0 bridgehead atoms. The van der Waals surface area contributed by atoms with Gasteiger partial charge in [0.25, 0.3) is 5.91 Å². The second-order valence-electron chi connectivity index (χ2n) is 5.78. The highest BCUT2D eigenvalue weighted by atomic mass is 32.1. The Morgan fingerprint density at radius 3 is 2.78 bits per heavy atom. The van der Waals surface area contributed by atoms with E-state index in [-0.39, 0.29) is 24.5 Å². The Morgan fingerprint density at radius 2 is 2.13 bits per heavy atom. The maximum atomic E-state index is 11.8. The summed E-state index contributed by atoms with van der Waals surface area (Å²) in [5.41, 5.74) is 1.42. The van der Waals surface area contributed by atoms with Crippen LogP contribution in [0.5, 0.6) is 0 Å². The molecule has 0 unspecified atom stereocenters. The predicted molar refractivity (Wildman–Crippen MR) is 92.6 cm³/mol. The van der Waals surface area contributed by atoms with E-state index in [4.69, 9.17) is 4.74 Å². The van der Waals surface area contributed by atoms with Crippen LogP contribution >= 0.6 is 22.7 Å². The van der Waals surface area contributed by atoms with Gasteiger partial charge in [0.15, 0.2) is 6.61 Å². The Bertz CT molecular complexity index is 663. The molecular formula is C16H20N2O3S2. The monoisotopic (exact) mass is 352 g/mol. The van der Waals surface area contributed by atoms with Crippen molar-refractivity contribution < 1.29 is 14.3 Å². The highest BCUT2D eigenvalue weighted by Crippen LogP contribution is 2.25. The van der Waals surface area contributed by atoms with Crippen LogP contribution in [0.15, 0.2) is 22.2 Å². The minimum atomic E-state index is -0.448. The summed E-state index contributed by atoms with van der Waals surface area (Å²) in [7, 11) is 0. The van der Waals surface area contributed by atoms with Gasteiger partial charge in [0.2, 0.25) is 0 Å². The molecule has 0 aromatic carbocycles. The molecule has 0 aliphatic carbocycles. The molecule has 23 heavy (non-hydrogen) atoms. The lowest BCUT2D eigenvalue weighted by Gasteiger charge is -2.24. The summed E-state index contributed by atoms with van der Waals surface area (Å²) in [5.74, 6) is -0.737. The Kier molecular flexibility index (Phi) is 5.90. The second-order valence-corrected chi connectivity index (χ2v) is 7.42. The molecule has 0 fully saturated rings. The van der Waals surface area contributed by atoms with Gasteiger partial charge in [-0.1, -0.05) is 6.92 Å². The van der Waals surface area contributed by atoms with E-state index in [0.717, 1.165) is 17.0 Å². The standard InChI is InChI=1S/C16H20N2O3S2/c1-4-16(2,3)18-13(19)8-21-14(20)7-12-10-23-15(17-12)11-5-6-22-9-11/h5-6,9-10H,4,7-8H2,1-3H3,(H,18,19). The fourth-order valence-electron chi connectivity index (χ4n) is 1.75. The summed E-state index contributed by atoms with van der Waals surface area (Å²) in [5, 5.41) is 9.55. The molecular weight excluding hydrogens is 332 g/mol. The minimum Gasteiger partial charge on any atom is -0.455 e. The second kappa shape index (κ2) is 7.70. The Balaban J connectivity index is 1.80. The molecule has 0 aliphatic rings. The molecule has 2 heterocycles. The number of nitrogens with one attached hydrogen (secondary N) is 1. The first-order valence-corrected chi connectivity index (χ1v) is 9.15. The molecule has 0 spiro atoms. The normalized spacial score (nSPS) is 11.3. The minimum absolute atomic E-state index is 0.0745. The molecule has 2 rings (SSSR count). The number of carbonyl (C=O) groups is 2. The van der Waals surface area contributed by atoms with Crippen molar-refractivity contribution in [1.29, 1.82) is 0 Å². The number of hydrogen-bond acceptors (Lipinski definition) is 6. The zero-order valence-electron chi connectivity index (χ0n) is 13.4. The van der Waals surface area contributed by atoms with Crippen LogP contribution in [0, 0.1) is 0 Å². The van der Waals surface area contributed by atoms with Crippen molar-refractivity contribution in [3.63, 3.8) is 0 Å². The van der Waals surface area contributed by atoms with Crippen LogP contribution in [0.4, 0.5) is 0 Å². The van der Waals surface area contributed by atoms with Gasteiger partial charge >= 0.3 is 5.97 Å². The van der Waals surface area contributed by atoms with Gasteiger partial charge in [-0.3, -0.25) is 9.59 Å². The van der Waals surface area contributed by atoms with Crippen molar-refractivity contribution in [2.24, 2.45) is 0 Å². The number of carbonyl (C=O) groups excluding carboxylic acids is 2. The van der Waals surface area contributed by atoms with Crippen LogP contribution in [-0.4, -0.2) is 29.0 Å². The van der Waals surface area contributed by atoms with Gasteiger partial charge in [0.1, 0.15) is 5.01 Å². The van der Waals surface area contributed by atoms with Gasteiger partial charge in [0, 0.05) is 21.9 Å². The van der Waals surface area contributed by atoms with Crippen LogP contribution in [-0.2, 0) is 20.7 Å². The molecule has 0 saturated heterocycles. The van der Waals surface area contributed by atoms with E-state index in [1.165, 1.54) is 11.3 Å². The number of nitrogens with zero attached hydrogens (tertiary/aromatic N) is 1. The SMILES string of the molecule is CCC(C)(C)NC(=O)COC(=O)Cc1csc(-c2ccsc2)n1. The van der Waals surface area contributed by atoms with Crippen LogP contribution in [0.3, 0.4) is 0 Å². The Labute approximate surface area is 143 Å². The molecule has 0 aliphatic heterocycles. The Hall–Kier alpha value is -1.73. The summed E-state index contributed by atoms with van der Waals surface area (Å²) in [6.07, 6.45) is 0.877. The number of thiophene rings is 1. The number of hydrogen-bond donors (Lipinski definition) is 1. The topological polar surface area (TPSA) is 68.3 Å². The number of ether oxygens (including phenoxy) is 1. The van der Waals surface area contributed by atoms with E-state index in [0.29, 0.717) is 5.69 Å². The lowest BCUT2D eigenvalue weighted by atomic mass is 10.0. The third kappa shape index (κ3) is 5.44. The van der Waals surface area contributed by atoms with Crippen molar-refractivity contribution in [2.75, 3.05) is 6.61 Å². The third-order valence-corrected chi connectivity index (χ3v) is 4.99. The molecule has 1 amide bonds. The van der Waals surface area contributed by atoms with Crippen LogP contribution in [0.25, 0.3) is 10.6 Å². The number of esters is 1. The fraction of sp³-hybridized carbons (Fsp3) is 0.438. The predicted octanol–water partition coefficient (Wildman–Crippen LogP) is 3.26. The molecule has 0 radical (unpaired) electrons. The summed E-state index contributed by atoms with van der Waals surface area (Å²) in [6, 6.07) is 1.99. The first kappa shape index (κ1) is 17.6. The van der Waals surface area contributed by atoms with Gasteiger partial charge in [-0.2, -0.15) is 11.3 Å². The quantitative estimate of drug-likeness (QED) is 0.777. The van der Waals surface area contributed by atoms with E-state index in [1.54, 1.807) is 11.3 Å². The van der Waals surface area contributed by atoms with E-state index in [9.17, 15) is 9.59 Å². The van der Waals surface area contributed by atoms with Gasteiger partial charge in [-0.25, -0.2) is 4.98 Å². The van der Waals surface area contributed by atoms with Crippen molar-refractivity contribution in [3.05, 3.63) is 27.9 Å². The highest BCUT2D eigenvalue weighted by molar-refractivity contribution is 7.14. The van der Waals surface area contributed by atoms with E-state index < -0.39 is 5.97 Å². The Morgan fingerprint density at radius 1 is 1.35 bits per heavy atom. The summed E-state index contributed by atoms with van der Waals surface area (Å²) < 4.78 is 5.01. The smallest absolute Gasteiger partial charge is 0.312 e. The van der Waals surface area contributed by atoms with E-state index >= 15 is 0 Å². The van der Waals surface area contributed by atoms with Crippen LogP contribution in [0.2, 0.25) is 0 Å². The molecule has 7 heteroatoms. The highest BCUT2D eigenvalue weighted by Gasteiger charge is 2.19. The summed E-state index contributed by atoms with van der Waals surface area (Å²) >= 11 is 3.10. The van der Waals surface area contributed by atoms with Crippen LogP contribution < -0.4 is 5.32 Å². The molecule has 5 nitrogen and oxygen atoms in total. The van der Waals surface area contributed by atoms with Crippen LogP contribution in [0.1, 0.15) is 32.9 Å². The van der Waals surface area contributed by atoms with Crippen molar-refractivity contribution in [3.8, 4) is 10.6 Å². The molecule has 2 aromatic heterocycles. The zero-order valence-corrected chi connectivity index (χ0v) is 15.1. The maximum Gasteiger partial charge on any atom is 0.312 e. The van der Waals surface area contributed by atoms with Crippen molar-refractivity contribution in [1.82, 2.24) is 10.3 Å². The van der Waals surface area contributed by atoms with E-state index in [1.807, 2.05) is 43.0 Å². The molecule has 0 saturated carbocycles. The first-order chi connectivity index (χ1) is 10.9. The lowest BCUT2D eigenvalue weighted by molar-refractivity contribution is -0.148. The molecule has 124 valence electrons. The van der Waals surface area contributed by atoms with Gasteiger partial charge < -0.3 is 10.1 Å². The first-order valence-electron chi connectivity index (χ1n) is 7.33. The lowest BCUT2D eigenvalue weighted by Crippen LogP contribution is -2.44. The average molecular weight is 352 g/mol. The fourth-order valence-corrected chi connectivity index (χ4v) is 3.29. The van der Waals surface area contributed by atoms with Crippen molar-refractivity contribution >= 4 is 34.6 Å². The summed E-state index contributed by atoms with van der Waals surface area (Å²) in [4.78, 5) is 28.0. The molecule has 0 atom stereocenters. The third-order valence-electron chi connectivity index (χ3n) is 3.37. The van der Waals surface area contributed by atoms with Crippen molar-refractivity contribution in [2.45, 2.75) is 39.2 Å². The average Bonchev–Trinajstić information content (AvgIpc) is 3.15. The number of aromatic nitrogens is 1. The number of thiazole rings is 1. The zero-order chi connectivity index (χ0) is 16.9.